The third-order valence-electron chi connectivity index (χ3n) is 3.13. The molecular weight excluding hydrogens is 269 g/mol. The van der Waals surface area contributed by atoms with Gasteiger partial charge in [-0.3, -0.25) is 4.99 Å². The number of ether oxygens (including phenoxy) is 1. The molecular formula is C16H26FN3O. The quantitative estimate of drug-likeness (QED) is 0.599. The molecule has 118 valence electrons. The van der Waals surface area contributed by atoms with Crippen molar-refractivity contribution in [3.05, 3.63) is 35.6 Å². The molecule has 0 spiro atoms. The van der Waals surface area contributed by atoms with Gasteiger partial charge in [-0.1, -0.05) is 12.1 Å². The van der Waals surface area contributed by atoms with E-state index in [0.29, 0.717) is 6.54 Å². The number of aliphatic imine (C=N–C) groups is 1. The second kappa shape index (κ2) is 8.62. The van der Waals surface area contributed by atoms with Crippen molar-refractivity contribution < 1.29 is 9.13 Å². The van der Waals surface area contributed by atoms with Crippen LogP contribution in [-0.2, 0) is 11.2 Å². The van der Waals surface area contributed by atoms with Crippen LogP contribution in [0.15, 0.2) is 29.3 Å². The van der Waals surface area contributed by atoms with Gasteiger partial charge in [0.2, 0.25) is 0 Å². The Morgan fingerprint density at radius 1 is 1.24 bits per heavy atom. The maximum absolute atomic E-state index is 12.8. The van der Waals surface area contributed by atoms with Gasteiger partial charge >= 0.3 is 0 Å². The highest BCUT2D eigenvalue weighted by Gasteiger charge is 2.15. The number of hydrogen-bond acceptors (Lipinski definition) is 2. The van der Waals surface area contributed by atoms with Crippen LogP contribution < -0.4 is 10.6 Å². The van der Waals surface area contributed by atoms with Gasteiger partial charge in [-0.05, 0) is 44.9 Å². The van der Waals surface area contributed by atoms with E-state index in [1.807, 2.05) is 20.8 Å². The van der Waals surface area contributed by atoms with E-state index in [-0.39, 0.29) is 11.4 Å². The molecule has 2 N–H and O–H groups in total. The van der Waals surface area contributed by atoms with E-state index >= 15 is 0 Å². The molecule has 0 radical (unpaired) electrons. The Labute approximate surface area is 126 Å². The third-order valence-corrected chi connectivity index (χ3v) is 3.13. The van der Waals surface area contributed by atoms with Crippen molar-refractivity contribution in [2.45, 2.75) is 32.8 Å². The fourth-order valence-corrected chi connectivity index (χ4v) is 1.65. The fourth-order valence-electron chi connectivity index (χ4n) is 1.65. The van der Waals surface area contributed by atoms with Gasteiger partial charge in [0.05, 0.1) is 12.1 Å². The van der Waals surface area contributed by atoms with E-state index in [2.05, 4.69) is 15.6 Å². The number of guanidine groups is 1. The number of benzene rings is 1. The summed E-state index contributed by atoms with van der Waals surface area (Å²) >= 11 is 0. The zero-order valence-corrected chi connectivity index (χ0v) is 13.4. The molecule has 1 aromatic carbocycles. The van der Waals surface area contributed by atoms with Crippen LogP contribution in [0.4, 0.5) is 4.39 Å². The van der Waals surface area contributed by atoms with Gasteiger partial charge in [-0.25, -0.2) is 4.39 Å². The Kier molecular flexibility index (Phi) is 7.15. The summed E-state index contributed by atoms with van der Waals surface area (Å²) in [7, 11) is 1.68. The zero-order chi connectivity index (χ0) is 15.7. The number of nitrogens with zero attached hydrogens (tertiary/aromatic N) is 1. The van der Waals surface area contributed by atoms with E-state index in [1.165, 1.54) is 12.1 Å². The molecule has 5 heteroatoms. The predicted octanol–water partition coefficient (Wildman–Crippen LogP) is 2.35. The highest BCUT2D eigenvalue weighted by Crippen LogP contribution is 2.07. The third kappa shape index (κ3) is 7.09. The van der Waals surface area contributed by atoms with Gasteiger partial charge in [-0.2, -0.15) is 0 Å². The number of methoxy groups -OCH3 is 1. The van der Waals surface area contributed by atoms with Crippen LogP contribution in [0, 0.1) is 5.82 Å². The minimum absolute atomic E-state index is 0.205. The van der Waals surface area contributed by atoms with Crippen molar-refractivity contribution in [2.24, 2.45) is 4.99 Å². The molecule has 0 atom stereocenters. The molecule has 0 heterocycles. The summed E-state index contributed by atoms with van der Waals surface area (Å²) in [6.07, 6.45) is 0.818. The van der Waals surface area contributed by atoms with Crippen LogP contribution >= 0.6 is 0 Å². The first kappa shape index (κ1) is 17.4. The van der Waals surface area contributed by atoms with Crippen molar-refractivity contribution in [3.63, 3.8) is 0 Å². The highest BCUT2D eigenvalue weighted by atomic mass is 19.1. The normalized spacial score (nSPS) is 12.3. The van der Waals surface area contributed by atoms with Crippen LogP contribution in [0.3, 0.4) is 0 Å². The van der Waals surface area contributed by atoms with Crippen molar-refractivity contribution in [3.8, 4) is 0 Å². The molecule has 0 amide bonds. The van der Waals surface area contributed by atoms with Crippen molar-refractivity contribution in [1.82, 2.24) is 10.6 Å². The lowest BCUT2D eigenvalue weighted by atomic mass is 10.1. The first-order valence-electron chi connectivity index (χ1n) is 7.28. The van der Waals surface area contributed by atoms with Gasteiger partial charge in [0, 0.05) is 20.2 Å². The van der Waals surface area contributed by atoms with Crippen LogP contribution in [0.1, 0.15) is 26.3 Å². The van der Waals surface area contributed by atoms with Crippen LogP contribution in [-0.4, -0.2) is 38.3 Å². The highest BCUT2D eigenvalue weighted by molar-refractivity contribution is 5.79. The summed E-state index contributed by atoms with van der Waals surface area (Å²) in [5.41, 5.74) is 0.816. The molecule has 4 nitrogen and oxygen atoms in total. The zero-order valence-electron chi connectivity index (χ0n) is 13.4. The summed E-state index contributed by atoms with van der Waals surface area (Å²) in [6.45, 7) is 8.14. The fraction of sp³-hybridized carbons (Fsp3) is 0.562. The van der Waals surface area contributed by atoms with Gasteiger partial charge in [0.25, 0.3) is 0 Å². The summed E-state index contributed by atoms with van der Waals surface area (Å²) in [5, 5.41) is 6.47. The summed E-state index contributed by atoms with van der Waals surface area (Å²) in [4.78, 5) is 4.51. The first-order valence-corrected chi connectivity index (χ1v) is 7.28. The Morgan fingerprint density at radius 2 is 1.90 bits per heavy atom. The van der Waals surface area contributed by atoms with Gasteiger partial charge in [0.1, 0.15) is 5.82 Å². The lowest BCUT2D eigenvalue weighted by molar-refractivity contribution is 0.0310. The predicted molar refractivity (Wildman–Crippen MR) is 85.2 cm³/mol. The molecule has 0 aliphatic heterocycles. The minimum Gasteiger partial charge on any atom is -0.377 e. The summed E-state index contributed by atoms with van der Waals surface area (Å²) in [6, 6.07) is 6.57. The average molecular weight is 295 g/mol. The standard InChI is InChI=1S/C16H26FN3O/c1-5-18-15(20-12-16(2,3)21-4)19-11-10-13-6-8-14(17)9-7-13/h6-9H,5,10-12H2,1-4H3,(H2,18,19,20). The van der Waals surface area contributed by atoms with Crippen molar-refractivity contribution in [1.29, 1.82) is 0 Å². The van der Waals surface area contributed by atoms with Gasteiger partial charge in [0.15, 0.2) is 5.96 Å². The van der Waals surface area contributed by atoms with Crippen LogP contribution in [0.25, 0.3) is 0 Å². The van der Waals surface area contributed by atoms with Crippen LogP contribution in [0.5, 0.6) is 0 Å². The topological polar surface area (TPSA) is 45.7 Å². The first-order chi connectivity index (χ1) is 9.96. The van der Waals surface area contributed by atoms with Crippen molar-refractivity contribution in [2.75, 3.05) is 26.7 Å². The minimum atomic E-state index is -0.278. The molecule has 0 unspecified atom stereocenters. The molecule has 0 aliphatic rings. The number of rotatable bonds is 7. The van der Waals surface area contributed by atoms with Crippen LogP contribution in [0.2, 0.25) is 0 Å². The van der Waals surface area contributed by atoms with Gasteiger partial charge in [-0.15, -0.1) is 0 Å². The number of halogens is 1. The second-order valence-electron chi connectivity index (χ2n) is 5.46. The van der Waals surface area contributed by atoms with Gasteiger partial charge < -0.3 is 15.4 Å². The molecule has 0 aromatic heterocycles. The Hall–Kier alpha value is -1.62. The monoisotopic (exact) mass is 295 g/mol. The molecule has 0 fully saturated rings. The number of nitrogens with one attached hydrogen (secondary N) is 2. The summed E-state index contributed by atoms with van der Waals surface area (Å²) < 4.78 is 18.2. The lowest BCUT2D eigenvalue weighted by Crippen LogP contribution is -2.40. The van der Waals surface area contributed by atoms with E-state index in [1.54, 1.807) is 19.2 Å². The number of hydrogen-bond donors (Lipinski definition) is 2. The van der Waals surface area contributed by atoms with E-state index in [9.17, 15) is 4.39 Å². The lowest BCUT2D eigenvalue weighted by Gasteiger charge is -2.21. The average Bonchev–Trinajstić information content (AvgIpc) is 2.47. The molecule has 0 saturated carbocycles. The maximum Gasteiger partial charge on any atom is 0.191 e. The molecule has 21 heavy (non-hydrogen) atoms. The molecule has 0 aliphatic carbocycles. The smallest absolute Gasteiger partial charge is 0.191 e. The maximum atomic E-state index is 12.8. The SMILES string of the molecule is CCNC(=NCC(C)(C)OC)NCCc1ccc(F)cc1. The Balaban J connectivity index is 2.47. The Morgan fingerprint density at radius 3 is 2.48 bits per heavy atom. The second-order valence-corrected chi connectivity index (χ2v) is 5.46. The largest absolute Gasteiger partial charge is 0.377 e. The van der Waals surface area contributed by atoms with E-state index in [0.717, 1.165) is 31.0 Å². The van der Waals surface area contributed by atoms with Crippen molar-refractivity contribution >= 4 is 5.96 Å². The Bertz CT molecular complexity index is 443. The molecule has 0 saturated heterocycles. The molecule has 1 aromatic rings. The van der Waals surface area contributed by atoms with E-state index < -0.39 is 0 Å². The molecule has 0 bridgehead atoms. The molecule has 1 rings (SSSR count). The van der Waals surface area contributed by atoms with E-state index in [4.69, 9.17) is 4.74 Å². The summed E-state index contributed by atoms with van der Waals surface area (Å²) in [5.74, 6) is 0.563.